The molecule has 8 heteroatoms. The van der Waals surface area contributed by atoms with Gasteiger partial charge in [0.05, 0.1) is 0 Å². The highest BCUT2D eigenvalue weighted by Crippen LogP contribution is 2.26. The van der Waals surface area contributed by atoms with E-state index in [4.69, 9.17) is 0 Å². The average molecular weight is 378 g/mol. The molecule has 0 aliphatic carbocycles. The molecule has 2 aromatic carbocycles. The number of nitrogens with one attached hydrogen (secondary N) is 2. The van der Waals surface area contributed by atoms with Crippen LogP contribution in [0.2, 0.25) is 0 Å². The fourth-order valence-electron chi connectivity index (χ4n) is 3.11. The van der Waals surface area contributed by atoms with Gasteiger partial charge in [0, 0.05) is 32.7 Å². The molecule has 0 saturated carbocycles. The molecule has 1 fully saturated rings. The molecule has 3 N–H and O–H groups in total. The monoisotopic (exact) mass is 378 g/mol. The van der Waals surface area contributed by atoms with Gasteiger partial charge >= 0.3 is 0 Å². The number of benzene rings is 2. The summed E-state index contributed by atoms with van der Waals surface area (Å²) in [4.78, 5) is 5.80. The standard InChI is InChI=1S/C19H21F3N4O/c1-23-19(24-10-12-5-6-17(27)16(22)9-12)25-13-7-8-26(11-13)18-14(20)3-2-4-15(18)21/h2-6,9,13,27H,7-8,10-11H2,1H3,(H2,23,24,25). The second kappa shape index (κ2) is 8.20. The van der Waals surface area contributed by atoms with Crippen molar-refractivity contribution in [3.8, 4) is 5.75 Å². The van der Waals surface area contributed by atoms with Gasteiger partial charge in [-0.25, -0.2) is 13.2 Å². The van der Waals surface area contributed by atoms with Crippen molar-refractivity contribution in [3.63, 3.8) is 0 Å². The van der Waals surface area contributed by atoms with Crippen molar-refractivity contribution in [2.24, 2.45) is 4.99 Å². The van der Waals surface area contributed by atoms with E-state index in [-0.39, 0.29) is 11.7 Å². The number of phenols is 1. The van der Waals surface area contributed by atoms with Crippen molar-refractivity contribution >= 4 is 11.6 Å². The largest absolute Gasteiger partial charge is 0.505 e. The molecule has 1 aliphatic rings. The maximum Gasteiger partial charge on any atom is 0.191 e. The number of para-hydroxylation sites is 1. The molecule has 0 bridgehead atoms. The van der Waals surface area contributed by atoms with Crippen molar-refractivity contribution in [3.05, 3.63) is 59.4 Å². The maximum atomic E-state index is 13.9. The first-order chi connectivity index (χ1) is 13.0. The molecule has 5 nitrogen and oxygen atoms in total. The molecule has 144 valence electrons. The van der Waals surface area contributed by atoms with Crippen LogP contribution < -0.4 is 15.5 Å². The van der Waals surface area contributed by atoms with Crippen LogP contribution in [0.15, 0.2) is 41.4 Å². The molecule has 0 aromatic heterocycles. The Bertz CT molecular complexity index is 823. The predicted octanol–water partition coefficient (Wildman–Crippen LogP) is 2.75. The van der Waals surface area contributed by atoms with Crippen LogP contribution in [0.5, 0.6) is 5.75 Å². The summed E-state index contributed by atoms with van der Waals surface area (Å²) < 4.78 is 41.3. The van der Waals surface area contributed by atoms with E-state index in [2.05, 4.69) is 15.6 Å². The molecule has 2 aromatic rings. The van der Waals surface area contributed by atoms with Crippen LogP contribution in [0.1, 0.15) is 12.0 Å². The lowest BCUT2D eigenvalue weighted by atomic mass is 10.2. The highest BCUT2D eigenvalue weighted by Gasteiger charge is 2.27. The molecule has 3 rings (SSSR count). The highest BCUT2D eigenvalue weighted by atomic mass is 19.1. The second-order valence-electron chi connectivity index (χ2n) is 6.36. The summed E-state index contributed by atoms with van der Waals surface area (Å²) in [5.41, 5.74) is 0.638. The quantitative estimate of drug-likeness (QED) is 0.566. The minimum absolute atomic E-state index is 0.00989. The zero-order valence-corrected chi connectivity index (χ0v) is 14.8. The number of halogens is 3. The van der Waals surface area contributed by atoms with Gasteiger partial charge in [-0.2, -0.15) is 0 Å². The number of hydrogen-bond acceptors (Lipinski definition) is 3. The van der Waals surface area contributed by atoms with Crippen LogP contribution in [0.3, 0.4) is 0 Å². The summed E-state index contributed by atoms with van der Waals surface area (Å²) in [6.07, 6.45) is 0.697. The van der Waals surface area contributed by atoms with E-state index in [0.29, 0.717) is 37.6 Å². The van der Waals surface area contributed by atoms with Crippen molar-refractivity contribution in [1.29, 1.82) is 0 Å². The van der Waals surface area contributed by atoms with E-state index in [1.54, 1.807) is 18.0 Å². The fourth-order valence-corrected chi connectivity index (χ4v) is 3.11. The van der Waals surface area contributed by atoms with E-state index in [0.717, 1.165) is 0 Å². The Balaban J connectivity index is 1.57. The molecule has 0 spiro atoms. The molecule has 1 atom stereocenters. The van der Waals surface area contributed by atoms with Crippen molar-refractivity contribution in [2.75, 3.05) is 25.0 Å². The van der Waals surface area contributed by atoms with E-state index < -0.39 is 23.2 Å². The highest BCUT2D eigenvalue weighted by molar-refractivity contribution is 5.80. The number of aromatic hydroxyl groups is 1. The first kappa shape index (κ1) is 18.9. The Hall–Kier alpha value is -2.90. The number of anilines is 1. The SMILES string of the molecule is CN=C(NCc1ccc(O)c(F)c1)NC1CCN(c2c(F)cccc2F)C1. The summed E-state index contributed by atoms with van der Waals surface area (Å²) >= 11 is 0. The summed E-state index contributed by atoms with van der Waals surface area (Å²) in [6, 6.07) is 7.95. The van der Waals surface area contributed by atoms with Gasteiger partial charge < -0.3 is 20.6 Å². The lowest BCUT2D eigenvalue weighted by Crippen LogP contribution is -2.44. The van der Waals surface area contributed by atoms with Gasteiger partial charge in [-0.3, -0.25) is 4.99 Å². The molecule has 1 heterocycles. The van der Waals surface area contributed by atoms with Crippen LogP contribution in [-0.2, 0) is 6.54 Å². The van der Waals surface area contributed by atoms with Crippen LogP contribution in [0, 0.1) is 17.5 Å². The number of nitrogens with zero attached hydrogens (tertiary/aromatic N) is 2. The third-order valence-electron chi connectivity index (χ3n) is 4.48. The number of rotatable bonds is 4. The van der Waals surface area contributed by atoms with E-state index >= 15 is 0 Å². The van der Waals surface area contributed by atoms with Crippen LogP contribution >= 0.6 is 0 Å². The average Bonchev–Trinajstić information content (AvgIpc) is 3.09. The molecule has 1 saturated heterocycles. The molecule has 27 heavy (non-hydrogen) atoms. The smallest absolute Gasteiger partial charge is 0.191 e. The molecule has 0 amide bonds. The van der Waals surface area contributed by atoms with Crippen molar-refractivity contribution < 1.29 is 18.3 Å². The second-order valence-corrected chi connectivity index (χ2v) is 6.36. The van der Waals surface area contributed by atoms with Gasteiger partial charge in [-0.1, -0.05) is 12.1 Å². The number of aliphatic imine (C=N–C) groups is 1. The minimum Gasteiger partial charge on any atom is -0.505 e. The third-order valence-corrected chi connectivity index (χ3v) is 4.48. The van der Waals surface area contributed by atoms with E-state index in [9.17, 15) is 18.3 Å². The van der Waals surface area contributed by atoms with E-state index in [1.165, 1.54) is 30.3 Å². The number of hydrogen-bond donors (Lipinski definition) is 3. The van der Waals surface area contributed by atoms with Gasteiger partial charge in [-0.15, -0.1) is 0 Å². The molecule has 1 unspecified atom stereocenters. The van der Waals surface area contributed by atoms with Gasteiger partial charge in [0.15, 0.2) is 17.5 Å². The van der Waals surface area contributed by atoms with Crippen molar-refractivity contribution in [1.82, 2.24) is 10.6 Å². The zero-order valence-electron chi connectivity index (χ0n) is 14.8. The third kappa shape index (κ3) is 4.45. The van der Waals surface area contributed by atoms with Gasteiger partial charge in [0.2, 0.25) is 0 Å². The van der Waals surface area contributed by atoms with Gasteiger partial charge in [0.1, 0.15) is 17.3 Å². The lowest BCUT2D eigenvalue weighted by molar-refractivity contribution is 0.431. The summed E-state index contributed by atoms with van der Waals surface area (Å²) in [5.74, 6) is -1.73. The fraction of sp³-hybridized carbons (Fsp3) is 0.316. The van der Waals surface area contributed by atoms with Crippen LogP contribution in [-0.4, -0.2) is 37.2 Å². The Morgan fingerprint density at radius 2 is 1.93 bits per heavy atom. The topological polar surface area (TPSA) is 59.9 Å². The minimum atomic E-state index is -0.685. The zero-order chi connectivity index (χ0) is 19.4. The molecular formula is C19H21F3N4O. The lowest BCUT2D eigenvalue weighted by Gasteiger charge is -2.21. The Kier molecular flexibility index (Phi) is 5.73. The van der Waals surface area contributed by atoms with Gasteiger partial charge in [0.25, 0.3) is 0 Å². The predicted molar refractivity (Wildman–Crippen MR) is 98.4 cm³/mol. The summed E-state index contributed by atoms with van der Waals surface area (Å²) in [7, 11) is 1.61. The first-order valence-corrected chi connectivity index (χ1v) is 8.61. The molecule has 1 aliphatic heterocycles. The normalized spacial score (nSPS) is 17.3. The molecular weight excluding hydrogens is 357 g/mol. The van der Waals surface area contributed by atoms with Crippen molar-refractivity contribution in [2.45, 2.75) is 19.0 Å². The molecule has 0 radical (unpaired) electrons. The maximum absolute atomic E-state index is 13.9. The van der Waals surface area contributed by atoms with Crippen LogP contribution in [0.4, 0.5) is 18.9 Å². The Morgan fingerprint density at radius 3 is 2.59 bits per heavy atom. The van der Waals surface area contributed by atoms with Crippen LogP contribution in [0.25, 0.3) is 0 Å². The van der Waals surface area contributed by atoms with E-state index in [1.807, 2.05) is 0 Å². The number of guanidine groups is 1. The Morgan fingerprint density at radius 1 is 1.19 bits per heavy atom. The summed E-state index contributed by atoms with van der Waals surface area (Å²) in [5, 5.41) is 15.5. The number of phenolic OH excluding ortho intramolecular Hbond substituents is 1. The first-order valence-electron chi connectivity index (χ1n) is 8.61. The summed E-state index contributed by atoms with van der Waals surface area (Å²) in [6.45, 7) is 1.28. The Labute approximate surface area is 155 Å². The van der Waals surface area contributed by atoms with Gasteiger partial charge in [-0.05, 0) is 36.2 Å².